The van der Waals surface area contributed by atoms with Gasteiger partial charge in [0.05, 0.1) is 23.2 Å². The highest BCUT2D eigenvalue weighted by Gasteiger charge is 2.37. The molecule has 2 aliphatic rings. The van der Waals surface area contributed by atoms with Gasteiger partial charge in [-0.2, -0.15) is 18.3 Å². The lowest BCUT2D eigenvalue weighted by Crippen LogP contribution is -2.17. The minimum Gasteiger partial charge on any atom is -0.377 e. The molecule has 3 aromatic rings. The number of benzene rings is 1. The summed E-state index contributed by atoms with van der Waals surface area (Å²) in [6, 6.07) is 7.11. The fourth-order valence-corrected chi connectivity index (χ4v) is 3.49. The van der Waals surface area contributed by atoms with Gasteiger partial charge in [0.15, 0.2) is 8.46 Å². The van der Waals surface area contributed by atoms with E-state index in [-0.39, 0.29) is 19.6 Å². The van der Waals surface area contributed by atoms with Crippen molar-refractivity contribution in [2.75, 3.05) is 5.32 Å². The van der Waals surface area contributed by atoms with Gasteiger partial charge in [0.1, 0.15) is 11.5 Å². The summed E-state index contributed by atoms with van der Waals surface area (Å²) in [4.78, 5) is 3.09. The van der Waals surface area contributed by atoms with Gasteiger partial charge in [-0.1, -0.05) is 0 Å². The predicted molar refractivity (Wildman–Crippen MR) is 99.5 cm³/mol. The molecule has 2 N–H and O–H groups in total. The second-order valence-electron chi connectivity index (χ2n) is 6.84. The SMILES string of the molecule is Fc1ccc2c(c1)-c1[nH]ncc1[C@@H](C1CC1)N2.O=Pc1ccc(C(F)(F)F)nc1. The zero-order valence-corrected chi connectivity index (χ0v) is 15.8. The van der Waals surface area contributed by atoms with Crippen LogP contribution < -0.4 is 10.6 Å². The summed E-state index contributed by atoms with van der Waals surface area (Å²) >= 11 is 0. The molecule has 1 aromatic carbocycles. The van der Waals surface area contributed by atoms with E-state index in [9.17, 15) is 22.1 Å². The van der Waals surface area contributed by atoms with Gasteiger partial charge in [-0.3, -0.25) is 14.6 Å². The smallest absolute Gasteiger partial charge is 0.377 e. The topological polar surface area (TPSA) is 70.7 Å². The number of H-pyrrole nitrogens is 1. The third-order valence-electron chi connectivity index (χ3n) is 4.80. The summed E-state index contributed by atoms with van der Waals surface area (Å²) in [5.74, 6) is 0.487. The van der Waals surface area contributed by atoms with Crippen molar-refractivity contribution in [1.82, 2.24) is 15.2 Å². The average molecular weight is 422 g/mol. The summed E-state index contributed by atoms with van der Waals surface area (Å²) in [5, 5.41) is 10.8. The van der Waals surface area contributed by atoms with Crippen molar-refractivity contribution in [3.8, 4) is 11.3 Å². The van der Waals surface area contributed by atoms with Gasteiger partial charge in [0, 0.05) is 23.0 Å². The summed E-state index contributed by atoms with van der Waals surface area (Å²) in [6.45, 7) is 0. The molecule has 0 bridgehead atoms. The van der Waals surface area contributed by atoms with Crippen LogP contribution in [0.15, 0.2) is 42.7 Å². The quantitative estimate of drug-likeness (QED) is 0.445. The molecule has 1 saturated carbocycles. The summed E-state index contributed by atoms with van der Waals surface area (Å²) in [6.07, 6.45) is 0.881. The number of alkyl halides is 3. The Morgan fingerprint density at radius 1 is 1.10 bits per heavy atom. The van der Waals surface area contributed by atoms with Crippen LogP contribution in [0.25, 0.3) is 11.3 Å². The van der Waals surface area contributed by atoms with Crippen LogP contribution in [0.3, 0.4) is 0 Å². The van der Waals surface area contributed by atoms with Crippen molar-refractivity contribution in [3.05, 3.63) is 59.8 Å². The Hall–Kier alpha value is -2.80. The van der Waals surface area contributed by atoms with Crippen molar-refractivity contribution in [2.24, 2.45) is 5.92 Å². The molecule has 1 fully saturated rings. The van der Waals surface area contributed by atoms with Crippen LogP contribution in [0, 0.1) is 11.7 Å². The van der Waals surface area contributed by atoms with Crippen LogP contribution >= 0.6 is 8.46 Å². The number of anilines is 1. The van der Waals surface area contributed by atoms with Crippen LogP contribution in [0.5, 0.6) is 0 Å². The van der Waals surface area contributed by atoms with Crippen molar-refractivity contribution < 1.29 is 22.1 Å². The Bertz CT molecular complexity index is 1030. The zero-order chi connectivity index (χ0) is 20.6. The molecule has 10 heteroatoms. The molecule has 2 aromatic heterocycles. The normalized spacial score (nSPS) is 17.6. The summed E-state index contributed by atoms with van der Waals surface area (Å²) in [5.41, 5.74) is 3.05. The third kappa shape index (κ3) is 4.15. The van der Waals surface area contributed by atoms with E-state index in [1.807, 2.05) is 12.3 Å². The van der Waals surface area contributed by atoms with Crippen molar-refractivity contribution in [2.45, 2.75) is 25.1 Å². The second kappa shape index (κ2) is 7.55. The number of rotatable bonds is 2. The Labute approximate surface area is 164 Å². The molecule has 5 nitrogen and oxygen atoms in total. The molecule has 1 aliphatic carbocycles. The Kier molecular flexibility index (Phi) is 5.08. The first kappa shape index (κ1) is 19.5. The van der Waals surface area contributed by atoms with Crippen LogP contribution in [-0.4, -0.2) is 15.2 Å². The number of hydrogen-bond donors (Lipinski definition) is 2. The number of aromatic amines is 1. The zero-order valence-electron chi connectivity index (χ0n) is 14.9. The van der Waals surface area contributed by atoms with E-state index in [4.69, 9.17) is 0 Å². The van der Waals surface area contributed by atoms with Crippen LogP contribution in [-0.2, 0) is 10.7 Å². The molecule has 29 heavy (non-hydrogen) atoms. The molecule has 0 amide bonds. The first-order valence-electron chi connectivity index (χ1n) is 8.83. The van der Waals surface area contributed by atoms with E-state index in [0.717, 1.165) is 35.3 Å². The van der Waals surface area contributed by atoms with E-state index in [0.29, 0.717) is 12.0 Å². The lowest BCUT2D eigenvalue weighted by Gasteiger charge is -2.26. The largest absolute Gasteiger partial charge is 0.433 e. The molecule has 150 valence electrons. The molecular formula is C19H15F4N4OP. The van der Waals surface area contributed by atoms with E-state index < -0.39 is 11.9 Å². The maximum atomic E-state index is 13.3. The van der Waals surface area contributed by atoms with Crippen LogP contribution in [0.2, 0.25) is 0 Å². The molecule has 0 spiro atoms. The van der Waals surface area contributed by atoms with Crippen molar-refractivity contribution >= 4 is 19.5 Å². The van der Waals surface area contributed by atoms with Crippen molar-refractivity contribution in [1.29, 1.82) is 0 Å². The number of nitrogens with one attached hydrogen (secondary N) is 2. The monoisotopic (exact) mass is 422 g/mol. The van der Waals surface area contributed by atoms with E-state index >= 15 is 0 Å². The maximum absolute atomic E-state index is 13.3. The van der Waals surface area contributed by atoms with Gasteiger partial charge < -0.3 is 5.32 Å². The summed E-state index contributed by atoms with van der Waals surface area (Å²) < 4.78 is 59.1. The minimum atomic E-state index is -4.43. The van der Waals surface area contributed by atoms with E-state index in [1.54, 1.807) is 6.07 Å². The first-order valence-corrected chi connectivity index (χ1v) is 9.64. The Morgan fingerprint density at radius 2 is 1.90 bits per heavy atom. The van der Waals surface area contributed by atoms with Crippen LogP contribution in [0.4, 0.5) is 23.2 Å². The van der Waals surface area contributed by atoms with Gasteiger partial charge in [0.25, 0.3) is 0 Å². The molecule has 1 aliphatic heterocycles. The van der Waals surface area contributed by atoms with Crippen LogP contribution in [0.1, 0.15) is 30.1 Å². The standard InChI is InChI=1S/C13H12FN3.C6H3F3NOP/c14-8-3-4-11-9(5-8)13-10(6-15-17-13)12(16-11)7-1-2-7;7-6(8,9)5-2-1-4(12-11)3-10-5/h3-7,12,16H,1-2H2,(H,15,17);1-3H/t12-;/m1./s1. The maximum Gasteiger partial charge on any atom is 0.433 e. The molecule has 0 radical (unpaired) electrons. The number of halogens is 4. The number of nitrogens with zero attached hydrogens (tertiary/aromatic N) is 2. The van der Waals surface area contributed by atoms with Crippen molar-refractivity contribution in [3.63, 3.8) is 0 Å². The fraction of sp³-hybridized carbons (Fsp3) is 0.263. The molecule has 5 rings (SSSR count). The summed E-state index contributed by atoms with van der Waals surface area (Å²) in [7, 11) is -0.331. The van der Waals surface area contributed by atoms with Gasteiger partial charge >= 0.3 is 6.18 Å². The fourth-order valence-electron chi connectivity index (χ4n) is 3.25. The average Bonchev–Trinajstić information content (AvgIpc) is 3.43. The molecular weight excluding hydrogens is 407 g/mol. The molecule has 3 heterocycles. The highest BCUT2D eigenvalue weighted by Crippen LogP contribution is 2.49. The third-order valence-corrected chi connectivity index (χ3v) is 5.28. The molecule has 0 saturated heterocycles. The Morgan fingerprint density at radius 3 is 2.52 bits per heavy atom. The lowest BCUT2D eigenvalue weighted by molar-refractivity contribution is -0.141. The second-order valence-corrected chi connectivity index (χ2v) is 7.54. The highest BCUT2D eigenvalue weighted by molar-refractivity contribution is 7.34. The number of fused-ring (bicyclic) bond motifs is 3. The number of hydrogen-bond acceptors (Lipinski definition) is 4. The predicted octanol–water partition coefficient (Wildman–Crippen LogP) is 5.11. The van der Waals surface area contributed by atoms with E-state index in [1.165, 1.54) is 24.5 Å². The van der Waals surface area contributed by atoms with Gasteiger partial charge in [-0.05, 0) is 49.1 Å². The minimum absolute atomic E-state index is 0.212. The van der Waals surface area contributed by atoms with Gasteiger partial charge in [-0.25, -0.2) is 4.39 Å². The molecule has 1 atom stereocenters. The molecule has 0 unspecified atom stereocenters. The van der Waals surface area contributed by atoms with Gasteiger partial charge in [0.2, 0.25) is 0 Å². The lowest BCUT2D eigenvalue weighted by atomic mass is 9.93. The van der Waals surface area contributed by atoms with E-state index in [2.05, 4.69) is 20.5 Å². The highest BCUT2D eigenvalue weighted by atomic mass is 31.1. The Balaban J connectivity index is 0.000000152. The number of aromatic nitrogens is 3. The number of pyridine rings is 1. The first-order chi connectivity index (χ1) is 13.9. The van der Waals surface area contributed by atoms with Gasteiger partial charge in [-0.15, -0.1) is 0 Å².